The highest BCUT2D eigenvalue weighted by Gasteiger charge is 2.33. The van der Waals surface area contributed by atoms with Crippen LogP contribution in [-0.4, -0.2) is 23.9 Å². The number of halogens is 5. The molecule has 4 nitrogen and oxygen atoms in total. The maximum Gasteiger partial charge on any atom is 0.573 e. The summed E-state index contributed by atoms with van der Waals surface area (Å²) in [4.78, 5) is 15.0. The second-order valence-electron chi connectivity index (χ2n) is 3.17. The van der Waals surface area contributed by atoms with Crippen molar-refractivity contribution in [3.05, 3.63) is 21.0 Å². The SMILES string of the molecule is CCOC(=O)c1nc(CF)c(OC(F)(F)F)cc1I. The third-order valence-electron chi connectivity index (χ3n) is 1.84. The zero-order valence-corrected chi connectivity index (χ0v) is 11.7. The van der Waals surface area contributed by atoms with E-state index in [0.29, 0.717) is 0 Å². The first-order valence-electron chi connectivity index (χ1n) is 4.96. The van der Waals surface area contributed by atoms with Gasteiger partial charge in [0.1, 0.15) is 12.4 Å². The molecule has 1 heterocycles. The van der Waals surface area contributed by atoms with Gasteiger partial charge in [0.25, 0.3) is 0 Å². The summed E-state index contributed by atoms with van der Waals surface area (Å²) in [6.07, 6.45) is -4.96. The molecule has 106 valence electrons. The van der Waals surface area contributed by atoms with Gasteiger partial charge in [0.05, 0.1) is 6.61 Å². The molecule has 0 atom stereocenters. The van der Waals surface area contributed by atoms with Crippen LogP contribution in [0.3, 0.4) is 0 Å². The Morgan fingerprint density at radius 3 is 2.58 bits per heavy atom. The second kappa shape index (κ2) is 6.35. The smallest absolute Gasteiger partial charge is 0.461 e. The lowest BCUT2D eigenvalue weighted by atomic mass is 10.3. The molecule has 0 aromatic carbocycles. The highest BCUT2D eigenvalue weighted by atomic mass is 127. The fourth-order valence-electron chi connectivity index (χ4n) is 1.16. The number of hydrogen-bond acceptors (Lipinski definition) is 4. The molecule has 0 aliphatic carbocycles. The van der Waals surface area contributed by atoms with Gasteiger partial charge in [-0.15, -0.1) is 13.2 Å². The van der Waals surface area contributed by atoms with Crippen molar-refractivity contribution < 1.29 is 31.8 Å². The van der Waals surface area contributed by atoms with Crippen molar-refractivity contribution >= 4 is 28.6 Å². The number of aromatic nitrogens is 1. The highest BCUT2D eigenvalue weighted by molar-refractivity contribution is 14.1. The molecule has 0 amide bonds. The lowest BCUT2D eigenvalue weighted by molar-refractivity contribution is -0.275. The summed E-state index contributed by atoms with van der Waals surface area (Å²) in [5.74, 6) is -1.60. The summed E-state index contributed by atoms with van der Waals surface area (Å²) in [6, 6.07) is 0.891. The van der Waals surface area contributed by atoms with Crippen molar-refractivity contribution in [3.63, 3.8) is 0 Å². The van der Waals surface area contributed by atoms with Gasteiger partial charge in [0.15, 0.2) is 11.4 Å². The van der Waals surface area contributed by atoms with Gasteiger partial charge in [-0.2, -0.15) is 0 Å². The Morgan fingerprint density at radius 2 is 2.11 bits per heavy atom. The molecule has 0 aliphatic heterocycles. The van der Waals surface area contributed by atoms with Gasteiger partial charge in [0, 0.05) is 3.57 Å². The lowest BCUT2D eigenvalue weighted by Gasteiger charge is -2.13. The standard InChI is InChI=1S/C10H8F4INO3/c1-2-18-9(17)8-5(15)3-7(6(4-11)16-8)19-10(12,13)14/h3H,2,4H2,1H3. The van der Waals surface area contributed by atoms with E-state index in [1.807, 2.05) is 0 Å². The van der Waals surface area contributed by atoms with Crippen molar-refractivity contribution in [1.29, 1.82) is 0 Å². The van der Waals surface area contributed by atoms with Gasteiger partial charge < -0.3 is 9.47 Å². The van der Waals surface area contributed by atoms with Crippen LogP contribution in [-0.2, 0) is 11.4 Å². The Hall–Kier alpha value is -1.13. The monoisotopic (exact) mass is 393 g/mol. The van der Waals surface area contributed by atoms with E-state index in [2.05, 4.69) is 14.5 Å². The van der Waals surface area contributed by atoms with Crippen LogP contribution in [0.25, 0.3) is 0 Å². The molecule has 0 fully saturated rings. The van der Waals surface area contributed by atoms with E-state index in [0.717, 1.165) is 6.07 Å². The molecule has 0 radical (unpaired) electrons. The third-order valence-corrected chi connectivity index (χ3v) is 2.66. The summed E-state index contributed by atoms with van der Waals surface area (Å²) in [6.45, 7) is 0.332. The summed E-state index contributed by atoms with van der Waals surface area (Å²) in [7, 11) is 0. The number of rotatable bonds is 4. The number of carbonyl (C=O) groups excluding carboxylic acids is 1. The Bertz CT molecular complexity index is 479. The predicted octanol–water partition coefficient (Wildman–Crippen LogP) is 3.23. The number of pyridine rings is 1. The van der Waals surface area contributed by atoms with Crippen LogP contribution >= 0.6 is 22.6 Å². The van der Waals surface area contributed by atoms with Crippen LogP contribution in [0.1, 0.15) is 23.1 Å². The zero-order chi connectivity index (χ0) is 14.6. The molecule has 0 spiro atoms. The fraction of sp³-hybridized carbons (Fsp3) is 0.400. The number of alkyl halides is 4. The number of esters is 1. The maximum atomic E-state index is 12.7. The minimum atomic E-state index is -4.96. The molecule has 19 heavy (non-hydrogen) atoms. The topological polar surface area (TPSA) is 48.4 Å². The van der Waals surface area contributed by atoms with Crippen molar-refractivity contribution in [3.8, 4) is 5.75 Å². The predicted molar refractivity (Wildman–Crippen MR) is 64.4 cm³/mol. The van der Waals surface area contributed by atoms with Crippen LogP contribution in [0.2, 0.25) is 0 Å². The first kappa shape index (κ1) is 15.9. The van der Waals surface area contributed by atoms with Gasteiger partial charge in [-0.05, 0) is 35.6 Å². The van der Waals surface area contributed by atoms with Crippen LogP contribution in [0.5, 0.6) is 5.75 Å². The quantitative estimate of drug-likeness (QED) is 0.448. The Balaban J connectivity index is 3.17. The molecule has 0 bridgehead atoms. The lowest BCUT2D eigenvalue weighted by Crippen LogP contribution is -2.20. The van der Waals surface area contributed by atoms with Gasteiger partial charge in [-0.3, -0.25) is 0 Å². The molecular formula is C10H8F4INO3. The van der Waals surface area contributed by atoms with Crippen molar-refractivity contribution in [1.82, 2.24) is 4.98 Å². The molecular weight excluding hydrogens is 385 g/mol. The molecule has 1 aromatic heterocycles. The molecule has 0 saturated heterocycles. The van der Waals surface area contributed by atoms with Gasteiger partial charge >= 0.3 is 12.3 Å². The van der Waals surface area contributed by atoms with Crippen LogP contribution in [0.15, 0.2) is 6.07 Å². The molecule has 0 saturated carbocycles. The van der Waals surface area contributed by atoms with E-state index < -0.39 is 30.4 Å². The van der Waals surface area contributed by atoms with Crippen LogP contribution in [0.4, 0.5) is 17.6 Å². The minimum Gasteiger partial charge on any atom is -0.461 e. The average Bonchev–Trinajstić information content (AvgIpc) is 2.27. The van der Waals surface area contributed by atoms with Gasteiger partial charge in [-0.25, -0.2) is 14.2 Å². The second-order valence-corrected chi connectivity index (χ2v) is 4.33. The summed E-state index contributed by atoms with van der Waals surface area (Å²) in [5.41, 5.74) is -0.856. The molecule has 0 aliphatic rings. The number of carbonyl (C=O) groups is 1. The van der Waals surface area contributed by atoms with E-state index in [1.54, 1.807) is 29.5 Å². The summed E-state index contributed by atoms with van der Waals surface area (Å²) in [5, 5.41) is 0. The minimum absolute atomic E-state index is 0.0718. The fourth-order valence-corrected chi connectivity index (χ4v) is 1.79. The molecule has 0 unspecified atom stereocenters. The van der Waals surface area contributed by atoms with Crippen molar-refractivity contribution in [2.45, 2.75) is 20.0 Å². The number of ether oxygens (including phenoxy) is 2. The molecule has 1 aromatic rings. The summed E-state index contributed by atoms with van der Waals surface area (Å²) < 4.78 is 57.3. The highest BCUT2D eigenvalue weighted by Crippen LogP contribution is 2.29. The number of hydrogen-bond donors (Lipinski definition) is 0. The molecule has 9 heteroatoms. The van der Waals surface area contributed by atoms with E-state index in [1.165, 1.54) is 0 Å². The zero-order valence-electron chi connectivity index (χ0n) is 9.55. The third kappa shape index (κ3) is 4.48. The van der Waals surface area contributed by atoms with Crippen molar-refractivity contribution in [2.75, 3.05) is 6.61 Å². The first-order chi connectivity index (χ1) is 8.78. The van der Waals surface area contributed by atoms with Gasteiger partial charge in [-0.1, -0.05) is 0 Å². The molecule has 0 N–H and O–H groups in total. The number of nitrogens with zero attached hydrogens (tertiary/aromatic N) is 1. The average molecular weight is 393 g/mol. The van der Waals surface area contributed by atoms with Crippen molar-refractivity contribution in [2.24, 2.45) is 0 Å². The van der Waals surface area contributed by atoms with E-state index >= 15 is 0 Å². The Morgan fingerprint density at radius 1 is 1.47 bits per heavy atom. The maximum absolute atomic E-state index is 12.7. The van der Waals surface area contributed by atoms with Crippen LogP contribution < -0.4 is 4.74 Å². The Kier molecular flexibility index (Phi) is 5.32. The van der Waals surface area contributed by atoms with Gasteiger partial charge in [0.2, 0.25) is 0 Å². The molecule has 1 rings (SSSR count). The van der Waals surface area contributed by atoms with E-state index in [4.69, 9.17) is 0 Å². The van der Waals surface area contributed by atoms with E-state index in [-0.39, 0.29) is 15.9 Å². The van der Waals surface area contributed by atoms with E-state index in [9.17, 15) is 22.4 Å². The summed E-state index contributed by atoms with van der Waals surface area (Å²) >= 11 is 1.59. The normalized spacial score (nSPS) is 11.3. The first-order valence-corrected chi connectivity index (χ1v) is 6.04. The largest absolute Gasteiger partial charge is 0.573 e. The Labute approximate surface area is 119 Å². The van der Waals surface area contributed by atoms with Crippen LogP contribution in [0, 0.1) is 3.57 Å².